The molecule has 0 aliphatic carbocycles. The van der Waals surface area contributed by atoms with Crippen molar-refractivity contribution in [3.63, 3.8) is 0 Å². The van der Waals surface area contributed by atoms with Gasteiger partial charge in [0.1, 0.15) is 5.69 Å². The number of aliphatic hydroxyl groups is 1. The SMILES string of the molecule is CC(O)CC(C)(C)CNC(=O)c1cccc(OCC(F)(F)F)n1. The zero-order chi connectivity index (χ0) is 17.7. The highest BCUT2D eigenvalue weighted by Gasteiger charge is 2.28. The highest BCUT2D eigenvalue weighted by atomic mass is 19.4. The van der Waals surface area contributed by atoms with Gasteiger partial charge < -0.3 is 15.2 Å². The Hall–Kier alpha value is -1.83. The van der Waals surface area contributed by atoms with Crippen LogP contribution in [-0.4, -0.2) is 41.4 Å². The van der Waals surface area contributed by atoms with E-state index in [4.69, 9.17) is 0 Å². The normalized spacial score (nSPS) is 13.5. The molecule has 1 amide bonds. The van der Waals surface area contributed by atoms with E-state index in [1.54, 1.807) is 6.92 Å². The van der Waals surface area contributed by atoms with Gasteiger partial charge >= 0.3 is 6.18 Å². The molecule has 0 spiro atoms. The molecule has 0 aromatic carbocycles. The van der Waals surface area contributed by atoms with E-state index in [1.807, 2.05) is 13.8 Å². The molecular weight excluding hydrogens is 313 g/mol. The van der Waals surface area contributed by atoms with Gasteiger partial charge in [0.15, 0.2) is 6.61 Å². The van der Waals surface area contributed by atoms with E-state index < -0.39 is 24.8 Å². The first kappa shape index (κ1) is 19.2. The number of ether oxygens (including phenoxy) is 1. The number of alkyl halides is 3. The summed E-state index contributed by atoms with van der Waals surface area (Å²) < 4.78 is 40.8. The Morgan fingerprint density at radius 1 is 1.39 bits per heavy atom. The Morgan fingerprint density at radius 2 is 2.04 bits per heavy atom. The van der Waals surface area contributed by atoms with Crippen molar-refractivity contribution in [2.45, 2.75) is 39.5 Å². The maximum absolute atomic E-state index is 12.1. The van der Waals surface area contributed by atoms with Crippen molar-refractivity contribution >= 4 is 5.91 Å². The Kier molecular flexibility index (Phi) is 6.37. The zero-order valence-electron chi connectivity index (χ0n) is 13.3. The summed E-state index contributed by atoms with van der Waals surface area (Å²) in [6.07, 6.45) is -4.47. The fraction of sp³-hybridized carbons (Fsp3) is 0.600. The van der Waals surface area contributed by atoms with Crippen molar-refractivity contribution in [3.8, 4) is 5.88 Å². The summed E-state index contributed by atoms with van der Waals surface area (Å²) in [5, 5.41) is 12.1. The number of pyridine rings is 1. The molecule has 1 aromatic rings. The Morgan fingerprint density at radius 3 is 2.61 bits per heavy atom. The lowest BCUT2D eigenvalue weighted by Gasteiger charge is -2.26. The summed E-state index contributed by atoms with van der Waals surface area (Å²) >= 11 is 0. The van der Waals surface area contributed by atoms with E-state index in [2.05, 4.69) is 15.0 Å². The Balaban J connectivity index is 2.63. The van der Waals surface area contributed by atoms with Gasteiger partial charge in [0.2, 0.25) is 5.88 Å². The minimum absolute atomic E-state index is 0.0301. The number of nitrogens with zero attached hydrogens (tertiary/aromatic N) is 1. The fourth-order valence-corrected chi connectivity index (χ4v) is 2.06. The zero-order valence-corrected chi connectivity index (χ0v) is 13.3. The van der Waals surface area contributed by atoms with Crippen LogP contribution in [0.25, 0.3) is 0 Å². The van der Waals surface area contributed by atoms with Gasteiger partial charge in [-0.05, 0) is 24.8 Å². The van der Waals surface area contributed by atoms with Crippen LogP contribution in [0.5, 0.6) is 5.88 Å². The van der Waals surface area contributed by atoms with Crippen molar-refractivity contribution in [2.75, 3.05) is 13.2 Å². The number of nitrogens with one attached hydrogen (secondary N) is 1. The summed E-state index contributed by atoms with van der Waals surface area (Å²) in [7, 11) is 0. The van der Waals surface area contributed by atoms with Gasteiger partial charge in [0.25, 0.3) is 5.91 Å². The number of halogens is 3. The van der Waals surface area contributed by atoms with Crippen LogP contribution in [0.3, 0.4) is 0 Å². The van der Waals surface area contributed by atoms with Crippen LogP contribution in [0.4, 0.5) is 13.2 Å². The molecule has 1 unspecified atom stereocenters. The molecule has 1 rings (SSSR count). The van der Waals surface area contributed by atoms with Crippen LogP contribution in [0.15, 0.2) is 18.2 Å². The average molecular weight is 334 g/mol. The molecular formula is C15H21F3N2O3. The molecule has 0 aliphatic rings. The van der Waals surface area contributed by atoms with Gasteiger partial charge in [0.05, 0.1) is 6.10 Å². The monoisotopic (exact) mass is 334 g/mol. The Labute approximate surface area is 132 Å². The molecule has 1 aromatic heterocycles. The lowest BCUT2D eigenvalue weighted by molar-refractivity contribution is -0.154. The molecule has 1 heterocycles. The van der Waals surface area contributed by atoms with Crippen LogP contribution in [0.2, 0.25) is 0 Å². The molecule has 0 saturated carbocycles. The first-order valence-electron chi connectivity index (χ1n) is 7.11. The maximum atomic E-state index is 12.1. The number of hydrogen-bond acceptors (Lipinski definition) is 4. The van der Waals surface area contributed by atoms with E-state index >= 15 is 0 Å². The standard InChI is InChI=1S/C15H21F3N2O3/c1-10(21)7-14(2,3)8-19-13(22)11-5-4-6-12(20-11)23-9-15(16,17)18/h4-6,10,21H,7-9H2,1-3H3,(H,19,22). The first-order chi connectivity index (χ1) is 10.5. The molecule has 0 fully saturated rings. The second-order valence-electron chi connectivity index (χ2n) is 6.16. The van der Waals surface area contributed by atoms with Gasteiger partial charge in [-0.25, -0.2) is 4.98 Å². The van der Waals surface area contributed by atoms with Crippen LogP contribution in [0, 0.1) is 5.41 Å². The van der Waals surface area contributed by atoms with E-state index in [0.29, 0.717) is 13.0 Å². The quantitative estimate of drug-likeness (QED) is 0.804. The number of rotatable bonds is 7. The molecule has 0 aliphatic heterocycles. The fourth-order valence-electron chi connectivity index (χ4n) is 2.06. The van der Waals surface area contributed by atoms with E-state index in [-0.39, 0.29) is 17.0 Å². The molecule has 8 heteroatoms. The van der Waals surface area contributed by atoms with Crippen molar-refractivity contribution in [1.82, 2.24) is 10.3 Å². The minimum Gasteiger partial charge on any atom is -0.468 e. The van der Waals surface area contributed by atoms with Crippen molar-refractivity contribution in [3.05, 3.63) is 23.9 Å². The third-order valence-electron chi connectivity index (χ3n) is 2.92. The highest BCUT2D eigenvalue weighted by Crippen LogP contribution is 2.21. The molecule has 130 valence electrons. The van der Waals surface area contributed by atoms with Crippen molar-refractivity contribution in [2.24, 2.45) is 5.41 Å². The second kappa shape index (κ2) is 7.63. The number of hydrogen-bond donors (Lipinski definition) is 2. The van der Waals surface area contributed by atoms with Gasteiger partial charge in [-0.15, -0.1) is 0 Å². The number of aliphatic hydroxyl groups excluding tert-OH is 1. The van der Waals surface area contributed by atoms with Gasteiger partial charge in [0, 0.05) is 12.6 Å². The molecule has 23 heavy (non-hydrogen) atoms. The van der Waals surface area contributed by atoms with Gasteiger partial charge in [-0.3, -0.25) is 4.79 Å². The molecule has 2 N–H and O–H groups in total. The maximum Gasteiger partial charge on any atom is 0.422 e. The predicted molar refractivity (Wildman–Crippen MR) is 78.2 cm³/mol. The number of carbonyl (C=O) groups excluding carboxylic acids is 1. The number of amides is 1. The average Bonchev–Trinajstić information content (AvgIpc) is 2.41. The summed E-state index contributed by atoms with van der Waals surface area (Å²) in [4.78, 5) is 15.8. The van der Waals surface area contributed by atoms with E-state index in [1.165, 1.54) is 18.2 Å². The summed E-state index contributed by atoms with van der Waals surface area (Å²) in [5.74, 6) is -0.778. The second-order valence-corrected chi connectivity index (χ2v) is 6.16. The smallest absolute Gasteiger partial charge is 0.422 e. The lowest BCUT2D eigenvalue weighted by atomic mass is 9.87. The largest absolute Gasteiger partial charge is 0.468 e. The Bertz CT molecular complexity index is 531. The molecule has 0 saturated heterocycles. The van der Waals surface area contributed by atoms with Crippen LogP contribution < -0.4 is 10.1 Å². The summed E-state index contributed by atoms with van der Waals surface area (Å²) in [6.45, 7) is 4.26. The first-order valence-corrected chi connectivity index (χ1v) is 7.11. The number of aromatic nitrogens is 1. The van der Waals surface area contributed by atoms with Crippen molar-refractivity contribution < 1.29 is 27.8 Å². The third kappa shape index (κ3) is 7.83. The lowest BCUT2D eigenvalue weighted by Crippen LogP contribution is -2.36. The molecule has 0 radical (unpaired) electrons. The van der Waals surface area contributed by atoms with Crippen LogP contribution in [0.1, 0.15) is 37.7 Å². The molecule has 1 atom stereocenters. The highest BCUT2D eigenvalue weighted by molar-refractivity contribution is 5.92. The third-order valence-corrected chi connectivity index (χ3v) is 2.92. The number of carbonyl (C=O) groups is 1. The molecule has 5 nitrogen and oxygen atoms in total. The predicted octanol–water partition coefficient (Wildman–Crippen LogP) is 2.55. The molecule has 0 bridgehead atoms. The van der Waals surface area contributed by atoms with Crippen molar-refractivity contribution in [1.29, 1.82) is 0 Å². The van der Waals surface area contributed by atoms with Gasteiger partial charge in [-0.2, -0.15) is 13.2 Å². The van der Waals surface area contributed by atoms with Crippen LogP contribution in [-0.2, 0) is 0 Å². The van der Waals surface area contributed by atoms with Gasteiger partial charge in [-0.1, -0.05) is 19.9 Å². The minimum atomic E-state index is -4.47. The van der Waals surface area contributed by atoms with Crippen LogP contribution >= 0.6 is 0 Å². The summed E-state index contributed by atoms with van der Waals surface area (Å²) in [6, 6.07) is 4.03. The van der Waals surface area contributed by atoms with E-state index in [0.717, 1.165) is 0 Å². The van der Waals surface area contributed by atoms with E-state index in [9.17, 15) is 23.1 Å². The summed E-state index contributed by atoms with van der Waals surface area (Å²) in [5.41, 5.74) is -0.355. The topological polar surface area (TPSA) is 71.5 Å².